The molecule has 0 aliphatic carbocycles. The number of halogens is 2. The van der Waals surface area contributed by atoms with Crippen LogP contribution in [-0.2, 0) is 11.3 Å². The van der Waals surface area contributed by atoms with Crippen LogP contribution in [0.15, 0.2) is 24.4 Å². The Kier molecular flexibility index (Phi) is 5.31. The highest BCUT2D eigenvalue weighted by Gasteiger charge is 2.18. The topological polar surface area (TPSA) is 94.5 Å². The summed E-state index contributed by atoms with van der Waals surface area (Å²) in [5, 5.41) is 3.59. The Morgan fingerprint density at radius 2 is 2.12 bits per heavy atom. The van der Waals surface area contributed by atoms with Crippen LogP contribution in [0.4, 0.5) is 10.6 Å². The molecule has 3 rings (SSSR count). The molecule has 0 unspecified atom stereocenters. The minimum Gasteiger partial charge on any atom is -0.450 e. The highest BCUT2D eigenvalue weighted by molar-refractivity contribution is 6.36. The number of carbonyl (C=O) groups excluding carboxylic acids is 1. The Morgan fingerprint density at radius 3 is 2.77 bits per heavy atom. The number of rotatable bonds is 4. The van der Waals surface area contributed by atoms with Gasteiger partial charge in [0, 0.05) is 28.4 Å². The van der Waals surface area contributed by atoms with E-state index < -0.39 is 6.09 Å². The van der Waals surface area contributed by atoms with E-state index in [2.05, 4.69) is 15.3 Å². The summed E-state index contributed by atoms with van der Waals surface area (Å²) in [6, 6.07) is 5.23. The monoisotopic (exact) mass is 393 g/mol. The van der Waals surface area contributed by atoms with Crippen LogP contribution in [0.5, 0.6) is 0 Å². The molecule has 1 amide bonds. The first-order chi connectivity index (χ1) is 12.4. The number of nitrogens with one attached hydrogen (secondary N) is 1. The fourth-order valence-electron chi connectivity index (χ4n) is 2.70. The Bertz CT molecular complexity index is 987. The second kappa shape index (κ2) is 7.49. The number of amides is 1. The normalized spacial score (nSPS) is 11.0. The molecular formula is C17H17Cl2N5O2. The average molecular weight is 394 g/mol. The zero-order valence-electron chi connectivity index (χ0n) is 14.2. The van der Waals surface area contributed by atoms with Gasteiger partial charge in [0.05, 0.1) is 23.5 Å². The first kappa shape index (κ1) is 18.4. The molecule has 0 aliphatic rings. The quantitative estimate of drug-likeness (QED) is 0.697. The maximum Gasteiger partial charge on any atom is 0.412 e. The first-order valence-corrected chi connectivity index (χ1v) is 8.68. The van der Waals surface area contributed by atoms with E-state index in [4.69, 9.17) is 33.7 Å². The Labute approximate surface area is 160 Å². The fraction of sp³-hybridized carbons (Fsp3) is 0.235. The molecule has 2 heterocycles. The van der Waals surface area contributed by atoms with Gasteiger partial charge in [0.25, 0.3) is 0 Å². The van der Waals surface area contributed by atoms with Gasteiger partial charge in [-0.2, -0.15) is 4.98 Å². The number of aryl methyl sites for hydroxylation is 1. The van der Waals surface area contributed by atoms with Crippen molar-refractivity contribution >= 4 is 40.9 Å². The summed E-state index contributed by atoms with van der Waals surface area (Å²) in [5.74, 6) is 0.725. The molecule has 0 atom stereocenters. The van der Waals surface area contributed by atoms with Gasteiger partial charge < -0.3 is 10.5 Å². The van der Waals surface area contributed by atoms with Gasteiger partial charge in [0.1, 0.15) is 0 Å². The number of ether oxygens (including phenoxy) is 1. The summed E-state index contributed by atoms with van der Waals surface area (Å²) in [6.45, 7) is 4.10. The van der Waals surface area contributed by atoms with Crippen molar-refractivity contribution in [2.24, 2.45) is 5.73 Å². The molecule has 0 saturated heterocycles. The third kappa shape index (κ3) is 3.46. The van der Waals surface area contributed by atoms with Crippen molar-refractivity contribution in [1.29, 1.82) is 0 Å². The van der Waals surface area contributed by atoms with Crippen molar-refractivity contribution in [3.63, 3.8) is 0 Å². The number of nitrogens with zero attached hydrogens (tertiary/aromatic N) is 3. The minimum atomic E-state index is -0.585. The van der Waals surface area contributed by atoms with Crippen LogP contribution in [-0.4, -0.2) is 27.1 Å². The van der Waals surface area contributed by atoms with Crippen LogP contribution >= 0.6 is 23.2 Å². The lowest BCUT2D eigenvalue weighted by molar-refractivity contribution is 0.168. The van der Waals surface area contributed by atoms with Gasteiger partial charge in [0.15, 0.2) is 5.82 Å². The van der Waals surface area contributed by atoms with Crippen molar-refractivity contribution in [2.45, 2.75) is 20.4 Å². The number of nitrogens with two attached hydrogens (primary N) is 1. The van der Waals surface area contributed by atoms with E-state index in [1.54, 1.807) is 29.7 Å². The molecule has 7 nitrogen and oxygen atoms in total. The first-order valence-electron chi connectivity index (χ1n) is 7.92. The van der Waals surface area contributed by atoms with Crippen molar-refractivity contribution in [2.75, 3.05) is 11.9 Å². The third-order valence-corrected chi connectivity index (χ3v) is 4.36. The summed E-state index contributed by atoms with van der Waals surface area (Å²) in [7, 11) is 0. The lowest BCUT2D eigenvalue weighted by atomic mass is 10.0. The fourth-order valence-corrected chi connectivity index (χ4v) is 3.20. The van der Waals surface area contributed by atoms with E-state index in [0.29, 0.717) is 21.6 Å². The summed E-state index contributed by atoms with van der Waals surface area (Å²) < 4.78 is 6.62. The van der Waals surface area contributed by atoms with Crippen LogP contribution in [0, 0.1) is 6.92 Å². The van der Waals surface area contributed by atoms with Crippen LogP contribution in [0.2, 0.25) is 10.0 Å². The molecule has 136 valence electrons. The molecule has 3 N–H and O–H groups in total. The second-order valence-electron chi connectivity index (χ2n) is 5.49. The third-order valence-electron chi connectivity index (χ3n) is 3.81. The Balaban J connectivity index is 2.21. The van der Waals surface area contributed by atoms with Crippen molar-refractivity contribution in [3.05, 3.63) is 45.7 Å². The molecule has 3 aromatic rings. The van der Waals surface area contributed by atoms with Gasteiger partial charge in [-0.05, 0) is 32.0 Å². The molecule has 1 aromatic carbocycles. The summed E-state index contributed by atoms with van der Waals surface area (Å²) in [5.41, 5.74) is 9.00. The van der Waals surface area contributed by atoms with Crippen molar-refractivity contribution < 1.29 is 9.53 Å². The van der Waals surface area contributed by atoms with Crippen LogP contribution in [0.1, 0.15) is 18.2 Å². The maximum atomic E-state index is 11.7. The molecule has 26 heavy (non-hydrogen) atoms. The van der Waals surface area contributed by atoms with E-state index >= 15 is 0 Å². The van der Waals surface area contributed by atoms with E-state index in [1.807, 2.05) is 13.0 Å². The molecule has 0 saturated carbocycles. The largest absolute Gasteiger partial charge is 0.450 e. The zero-order chi connectivity index (χ0) is 18.8. The minimum absolute atomic E-state index is 0.263. The number of hydrogen-bond acceptors (Lipinski definition) is 5. The van der Waals surface area contributed by atoms with Crippen molar-refractivity contribution in [3.8, 4) is 11.3 Å². The Morgan fingerprint density at radius 1 is 1.35 bits per heavy atom. The summed E-state index contributed by atoms with van der Waals surface area (Å²) in [6.07, 6.45) is 1.07. The predicted molar refractivity (Wildman–Crippen MR) is 102 cm³/mol. The highest BCUT2D eigenvalue weighted by Crippen LogP contribution is 2.34. The number of fused-ring (bicyclic) bond motifs is 1. The maximum absolute atomic E-state index is 11.7. The molecule has 0 radical (unpaired) electrons. The highest BCUT2D eigenvalue weighted by atomic mass is 35.5. The lowest BCUT2D eigenvalue weighted by Gasteiger charge is -2.14. The number of imidazole rings is 1. The zero-order valence-corrected chi connectivity index (χ0v) is 15.7. The molecular weight excluding hydrogens is 377 g/mol. The van der Waals surface area contributed by atoms with Crippen molar-refractivity contribution in [1.82, 2.24) is 14.4 Å². The van der Waals surface area contributed by atoms with E-state index in [1.165, 1.54) is 0 Å². The average Bonchev–Trinajstić information content (AvgIpc) is 2.96. The Hall–Kier alpha value is -2.35. The van der Waals surface area contributed by atoms with Gasteiger partial charge in [0.2, 0.25) is 5.78 Å². The number of hydrogen-bond donors (Lipinski definition) is 2. The number of carbonyl (C=O) groups is 1. The standard InChI is InChI=1S/C17H17Cl2N5O2/c1-3-26-17(25)23-14-8-24-15(11-5-4-10(18)6-13(11)19)12(7-20)9(2)21-16(24)22-14/h4-6,8H,3,7,20H2,1-2H3,(H,23,25). The molecule has 9 heteroatoms. The number of anilines is 1. The second-order valence-corrected chi connectivity index (χ2v) is 6.34. The summed E-state index contributed by atoms with van der Waals surface area (Å²) in [4.78, 5) is 20.5. The molecule has 0 fully saturated rings. The molecule has 0 aliphatic heterocycles. The van der Waals surface area contributed by atoms with E-state index in [0.717, 1.165) is 22.5 Å². The van der Waals surface area contributed by atoms with Crippen LogP contribution in [0.3, 0.4) is 0 Å². The SMILES string of the molecule is CCOC(=O)Nc1cn2c(-c3ccc(Cl)cc3Cl)c(CN)c(C)nc2n1. The van der Waals surface area contributed by atoms with Crippen LogP contribution in [0.25, 0.3) is 17.0 Å². The van der Waals surface area contributed by atoms with Crippen LogP contribution < -0.4 is 11.1 Å². The molecule has 2 aromatic heterocycles. The van der Waals surface area contributed by atoms with Gasteiger partial charge in [-0.3, -0.25) is 9.72 Å². The van der Waals surface area contributed by atoms with E-state index in [-0.39, 0.29) is 13.2 Å². The van der Waals surface area contributed by atoms with Gasteiger partial charge in [-0.25, -0.2) is 9.78 Å². The molecule has 0 bridgehead atoms. The number of aromatic nitrogens is 3. The smallest absolute Gasteiger partial charge is 0.412 e. The number of benzene rings is 1. The predicted octanol–water partition coefficient (Wildman–Crippen LogP) is 4.04. The van der Waals surface area contributed by atoms with Gasteiger partial charge in [-0.15, -0.1) is 0 Å². The lowest BCUT2D eigenvalue weighted by Crippen LogP contribution is -2.13. The van der Waals surface area contributed by atoms with E-state index in [9.17, 15) is 4.79 Å². The van der Waals surface area contributed by atoms with Gasteiger partial charge in [-0.1, -0.05) is 23.2 Å². The van der Waals surface area contributed by atoms with Gasteiger partial charge >= 0.3 is 6.09 Å². The summed E-state index contributed by atoms with van der Waals surface area (Å²) >= 11 is 12.4. The molecule has 0 spiro atoms.